The number of benzene rings is 1. The third-order valence-electron chi connectivity index (χ3n) is 3.49. The van der Waals surface area contributed by atoms with Crippen molar-refractivity contribution in [3.8, 4) is 5.88 Å². The molecule has 23 heavy (non-hydrogen) atoms. The molecule has 1 atom stereocenters. The number of rotatable bonds is 5. The number of nitrogens with zero attached hydrogens (tertiary/aromatic N) is 1. The standard InChI is InChI=1S/C17H21BrN2O2S/c1-10-7-6-8-12-9-13(18)15(19-14(10)12)22-16(23-5)17(3,4)20-11(2)21/h6-9,16H,1-5H3,(H,20,21). The van der Waals surface area contributed by atoms with Gasteiger partial charge in [-0.1, -0.05) is 18.2 Å². The SMILES string of the molecule is CSC(Oc1nc2c(C)cccc2cc1Br)C(C)(C)NC(C)=O. The van der Waals surface area contributed by atoms with E-state index in [1.165, 1.54) is 18.7 Å². The van der Waals surface area contributed by atoms with Gasteiger partial charge in [0.15, 0.2) is 5.44 Å². The topological polar surface area (TPSA) is 51.2 Å². The zero-order valence-electron chi connectivity index (χ0n) is 13.9. The van der Waals surface area contributed by atoms with Gasteiger partial charge in [0.2, 0.25) is 11.8 Å². The van der Waals surface area contributed by atoms with Gasteiger partial charge in [0.05, 0.1) is 15.5 Å². The van der Waals surface area contributed by atoms with Crippen LogP contribution < -0.4 is 10.1 Å². The lowest BCUT2D eigenvalue weighted by Crippen LogP contribution is -2.52. The number of halogens is 1. The van der Waals surface area contributed by atoms with E-state index in [-0.39, 0.29) is 11.3 Å². The normalized spacial score (nSPS) is 13.0. The predicted molar refractivity (Wildman–Crippen MR) is 100 cm³/mol. The molecule has 0 saturated heterocycles. The number of fused-ring (bicyclic) bond motifs is 1. The fourth-order valence-corrected chi connectivity index (χ4v) is 3.76. The van der Waals surface area contributed by atoms with E-state index in [0.29, 0.717) is 5.88 Å². The molecular formula is C17H21BrN2O2S. The van der Waals surface area contributed by atoms with Crippen molar-refractivity contribution in [1.82, 2.24) is 10.3 Å². The smallest absolute Gasteiger partial charge is 0.229 e. The van der Waals surface area contributed by atoms with Crippen molar-refractivity contribution < 1.29 is 9.53 Å². The largest absolute Gasteiger partial charge is 0.460 e. The van der Waals surface area contributed by atoms with E-state index in [9.17, 15) is 4.79 Å². The minimum Gasteiger partial charge on any atom is -0.460 e. The second kappa shape index (κ2) is 7.09. The summed E-state index contributed by atoms with van der Waals surface area (Å²) in [5, 5.41) is 3.99. The van der Waals surface area contributed by atoms with Crippen LogP contribution in [0, 0.1) is 6.92 Å². The number of ether oxygens (including phenoxy) is 1. The molecule has 1 N–H and O–H groups in total. The first-order chi connectivity index (χ1) is 10.7. The molecule has 4 nitrogen and oxygen atoms in total. The van der Waals surface area contributed by atoms with Crippen LogP contribution in [0.5, 0.6) is 5.88 Å². The van der Waals surface area contributed by atoms with Crippen LogP contribution in [0.25, 0.3) is 10.9 Å². The molecule has 2 rings (SSSR count). The Morgan fingerprint density at radius 2 is 2.13 bits per heavy atom. The van der Waals surface area contributed by atoms with E-state index in [1.807, 2.05) is 51.3 Å². The average molecular weight is 397 g/mol. The maximum Gasteiger partial charge on any atom is 0.229 e. The Hall–Kier alpha value is -1.27. The second-order valence-electron chi connectivity index (χ2n) is 6.01. The molecule has 0 aliphatic rings. The first kappa shape index (κ1) is 18.1. The van der Waals surface area contributed by atoms with Crippen LogP contribution in [0.1, 0.15) is 26.3 Å². The minimum atomic E-state index is -0.521. The van der Waals surface area contributed by atoms with Gasteiger partial charge in [-0.05, 0) is 54.6 Å². The molecule has 1 amide bonds. The minimum absolute atomic E-state index is 0.0842. The summed E-state index contributed by atoms with van der Waals surface area (Å²) < 4.78 is 6.91. The number of carbonyl (C=O) groups is 1. The molecule has 1 heterocycles. The van der Waals surface area contributed by atoms with Crippen molar-refractivity contribution in [3.63, 3.8) is 0 Å². The lowest BCUT2D eigenvalue weighted by Gasteiger charge is -2.33. The van der Waals surface area contributed by atoms with Crippen molar-refractivity contribution in [2.75, 3.05) is 6.26 Å². The van der Waals surface area contributed by atoms with Gasteiger partial charge < -0.3 is 10.1 Å². The number of nitrogens with one attached hydrogen (secondary N) is 1. The van der Waals surface area contributed by atoms with Gasteiger partial charge in [-0.3, -0.25) is 4.79 Å². The maximum absolute atomic E-state index is 11.4. The van der Waals surface area contributed by atoms with Crippen molar-refractivity contribution in [2.45, 2.75) is 38.7 Å². The number of pyridine rings is 1. The molecule has 1 aromatic carbocycles. The van der Waals surface area contributed by atoms with Gasteiger partial charge in [0.1, 0.15) is 0 Å². The number of carbonyl (C=O) groups excluding carboxylic acids is 1. The van der Waals surface area contributed by atoms with Gasteiger partial charge in [0.25, 0.3) is 0 Å². The molecule has 0 saturated carbocycles. The number of para-hydroxylation sites is 1. The number of thioether (sulfide) groups is 1. The molecule has 0 aliphatic heterocycles. The lowest BCUT2D eigenvalue weighted by molar-refractivity contribution is -0.121. The molecule has 0 aliphatic carbocycles. The van der Waals surface area contributed by atoms with E-state index in [0.717, 1.165) is 20.9 Å². The van der Waals surface area contributed by atoms with E-state index >= 15 is 0 Å². The summed E-state index contributed by atoms with van der Waals surface area (Å²) in [5.41, 5.74) is 1.23. The van der Waals surface area contributed by atoms with E-state index in [1.54, 1.807) is 0 Å². The van der Waals surface area contributed by atoms with Crippen molar-refractivity contribution in [3.05, 3.63) is 34.3 Å². The van der Waals surface area contributed by atoms with Crippen LogP contribution in [0.2, 0.25) is 0 Å². The summed E-state index contributed by atoms with van der Waals surface area (Å²) in [4.78, 5) is 16.1. The molecular weight excluding hydrogens is 376 g/mol. The first-order valence-electron chi connectivity index (χ1n) is 7.28. The van der Waals surface area contributed by atoms with Crippen molar-refractivity contribution in [2.24, 2.45) is 0 Å². The number of hydrogen-bond donors (Lipinski definition) is 1. The van der Waals surface area contributed by atoms with E-state index in [4.69, 9.17) is 4.74 Å². The number of aryl methyl sites for hydroxylation is 1. The summed E-state index contributed by atoms with van der Waals surface area (Å²) in [6.45, 7) is 7.42. The second-order valence-corrected chi connectivity index (χ2v) is 7.76. The molecule has 0 radical (unpaired) electrons. The van der Waals surface area contributed by atoms with Crippen molar-refractivity contribution in [1.29, 1.82) is 0 Å². The van der Waals surface area contributed by atoms with Crippen LogP contribution in [0.3, 0.4) is 0 Å². The first-order valence-corrected chi connectivity index (χ1v) is 9.37. The highest BCUT2D eigenvalue weighted by molar-refractivity contribution is 9.10. The predicted octanol–water partition coefficient (Wildman–Crippen LogP) is 4.29. The Labute approximate surface area is 149 Å². The highest BCUT2D eigenvalue weighted by atomic mass is 79.9. The zero-order valence-corrected chi connectivity index (χ0v) is 16.3. The molecule has 1 unspecified atom stereocenters. The molecule has 0 fully saturated rings. The van der Waals surface area contributed by atoms with Gasteiger partial charge in [0, 0.05) is 12.3 Å². The Kier molecular flexibility index (Phi) is 5.57. The number of amides is 1. The highest BCUT2D eigenvalue weighted by Crippen LogP contribution is 2.32. The molecule has 1 aromatic heterocycles. The van der Waals surface area contributed by atoms with Crippen LogP contribution in [0.4, 0.5) is 0 Å². The lowest BCUT2D eigenvalue weighted by atomic mass is 10.1. The maximum atomic E-state index is 11.4. The third-order valence-corrected chi connectivity index (χ3v) is 5.17. The fraction of sp³-hybridized carbons (Fsp3) is 0.412. The summed E-state index contributed by atoms with van der Waals surface area (Å²) in [6.07, 6.45) is 1.95. The highest BCUT2D eigenvalue weighted by Gasteiger charge is 2.32. The summed E-state index contributed by atoms with van der Waals surface area (Å²) in [5.74, 6) is 0.448. The number of aromatic nitrogens is 1. The molecule has 6 heteroatoms. The fourth-order valence-electron chi connectivity index (χ4n) is 2.49. The van der Waals surface area contributed by atoms with Gasteiger partial charge in [-0.2, -0.15) is 0 Å². The Bertz CT molecular complexity index is 734. The molecule has 124 valence electrons. The van der Waals surface area contributed by atoms with Gasteiger partial charge in [-0.15, -0.1) is 11.8 Å². The molecule has 2 aromatic rings. The number of hydrogen-bond acceptors (Lipinski definition) is 4. The Balaban J connectivity index is 2.37. The average Bonchev–Trinajstić information content (AvgIpc) is 2.44. The van der Waals surface area contributed by atoms with E-state index in [2.05, 4.69) is 26.2 Å². The molecule has 0 bridgehead atoms. The van der Waals surface area contributed by atoms with Gasteiger partial charge in [-0.25, -0.2) is 4.98 Å². The van der Waals surface area contributed by atoms with Gasteiger partial charge >= 0.3 is 0 Å². The molecule has 0 spiro atoms. The Morgan fingerprint density at radius 1 is 1.43 bits per heavy atom. The van der Waals surface area contributed by atoms with Crippen LogP contribution in [-0.4, -0.2) is 28.1 Å². The van der Waals surface area contributed by atoms with Crippen LogP contribution in [-0.2, 0) is 4.79 Å². The monoisotopic (exact) mass is 396 g/mol. The van der Waals surface area contributed by atoms with Crippen molar-refractivity contribution >= 4 is 44.5 Å². The quantitative estimate of drug-likeness (QED) is 0.765. The summed E-state index contributed by atoms with van der Waals surface area (Å²) in [7, 11) is 0. The summed E-state index contributed by atoms with van der Waals surface area (Å²) in [6, 6.07) is 8.07. The third kappa shape index (κ3) is 4.18. The Morgan fingerprint density at radius 3 is 2.74 bits per heavy atom. The van der Waals surface area contributed by atoms with E-state index < -0.39 is 5.54 Å². The van der Waals surface area contributed by atoms with Crippen LogP contribution >= 0.6 is 27.7 Å². The van der Waals surface area contributed by atoms with Crippen LogP contribution in [0.15, 0.2) is 28.7 Å². The summed E-state index contributed by atoms with van der Waals surface area (Å²) >= 11 is 5.07. The zero-order chi connectivity index (χ0) is 17.2.